The molecule has 7 heteroatoms. The van der Waals surface area contributed by atoms with E-state index in [2.05, 4.69) is 14.8 Å². The largest absolute Gasteiger partial charge is 0.384 e. The topological polar surface area (TPSA) is 80.0 Å². The summed E-state index contributed by atoms with van der Waals surface area (Å²) < 4.78 is 1.31. The number of aliphatic hydroxyl groups is 1. The van der Waals surface area contributed by atoms with Gasteiger partial charge in [-0.05, 0) is 26.0 Å². The van der Waals surface area contributed by atoms with Crippen LogP contribution in [0.15, 0.2) is 35.5 Å². The SMILES string of the molecule is CC(C)(O)c1cnc(-n2cccc(NCl)c2=O)cn1. The zero-order valence-corrected chi connectivity index (χ0v) is 11.2. The highest BCUT2D eigenvalue weighted by Gasteiger charge is 2.18. The van der Waals surface area contributed by atoms with E-state index in [4.69, 9.17) is 11.8 Å². The minimum atomic E-state index is -1.07. The second-order valence-electron chi connectivity index (χ2n) is 4.51. The third-order valence-corrected chi connectivity index (χ3v) is 2.76. The second-order valence-corrected chi connectivity index (χ2v) is 4.70. The Kier molecular flexibility index (Phi) is 3.55. The van der Waals surface area contributed by atoms with Gasteiger partial charge in [0.05, 0.1) is 18.1 Å². The van der Waals surface area contributed by atoms with Gasteiger partial charge in [0.25, 0.3) is 5.56 Å². The molecular formula is C12H13ClN4O2. The van der Waals surface area contributed by atoms with E-state index in [1.807, 2.05) is 0 Å². The lowest BCUT2D eigenvalue weighted by molar-refractivity contribution is 0.0734. The maximum absolute atomic E-state index is 12.0. The van der Waals surface area contributed by atoms with Gasteiger partial charge in [-0.3, -0.25) is 19.2 Å². The molecule has 0 aliphatic rings. The van der Waals surface area contributed by atoms with Crippen molar-refractivity contribution in [2.75, 3.05) is 4.84 Å². The van der Waals surface area contributed by atoms with Crippen LogP contribution >= 0.6 is 11.8 Å². The lowest BCUT2D eigenvalue weighted by Gasteiger charge is -2.16. The molecule has 0 radical (unpaired) electrons. The molecule has 0 spiro atoms. The van der Waals surface area contributed by atoms with Gasteiger partial charge in [-0.15, -0.1) is 0 Å². The number of rotatable bonds is 3. The summed E-state index contributed by atoms with van der Waals surface area (Å²) in [7, 11) is 0. The van der Waals surface area contributed by atoms with Crippen LogP contribution in [0.5, 0.6) is 0 Å². The Hall–Kier alpha value is -1.92. The van der Waals surface area contributed by atoms with Crippen LogP contribution in [0, 0.1) is 0 Å². The zero-order valence-electron chi connectivity index (χ0n) is 10.5. The van der Waals surface area contributed by atoms with Crippen LogP contribution in [0.1, 0.15) is 19.5 Å². The predicted molar refractivity (Wildman–Crippen MR) is 72.3 cm³/mol. The highest BCUT2D eigenvalue weighted by Crippen LogP contribution is 2.16. The van der Waals surface area contributed by atoms with E-state index in [9.17, 15) is 9.90 Å². The van der Waals surface area contributed by atoms with Gasteiger partial charge in [0.2, 0.25) is 0 Å². The number of pyridine rings is 1. The summed E-state index contributed by atoms with van der Waals surface area (Å²) in [5.74, 6) is 0.353. The fourth-order valence-corrected chi connectivity index (χ4v) is 1.65. The smallest absolute Gasteiger partial charge is 0.280 e. The fraction of sp³-hybridized carbons (Fsp3) is 0.250. The maximum Gasteiger partial charge on any atom is 0.280 e. The quantitative estimate of drug-likeness (QED) is 0.831. The normalized spacial score (nSPS) is 11.4. The molecule has 2 heterocycles. The van der Waals surface area contributed by atoms with Gasteiger partial charge < -0.3 is 5.11 Å². The molecule has 0 aromatic carbocycles. The highest BCUT2D eigenvalue weighted by molar-refractivity contribution is 6.23. The van der Waals surface area contributed by atoms with Crippen molar-refractivity contribution in [1.82, 2.24) is 14.5 Å². The monoisotopic (exact) mass is 280 g/mol. The number of hydrogen-bond donors (Lipinski definition) is 2. The molecule has 0 aliphatic carbocycles. The number of halogens is 1. The average molecular weight is 281 g/mol. The zero-order chi connectivity index (χ0) is 14.0. The molecular weight excluding hydrogens is 268 g/mol. The van der Waals surface area contributed by atoms with E-state index in [-0.39, 0.29) is 11.2 Å². The average Bonchev–Trinajstić information content (AvgIpc) is 2.38. The first-order valence-electron chi connectivity index (χ1n) is 5.57. The molecule has 0 atom stereocenters. The first-order chi connectivity index (χ1) is 8.93. The number of anilines is 1. The van der Waals surface area contributed by atoms with E-state index in [1.54, 1.807) is 32.2 Å². The standard InChI is InChI=1S/C12H13ClN4O2/c1-12(2,19)9-6-15-10(7-14-9)17-5-3-4-8(16-13)11(17)18/h3-7,16,19H,1-2H3. The molecule has 2 N–H and O–H groups in total. The number of hydrogen-bond acceptors (Lipinski definition) is 5. The Labute approximate surface area is 114 Å². The van der Waals surface area contributed by atoms with Gasteiger partial charge in [-0.25, -0.2) is 4.98 Å². The van der Waals surface area contributed by atoms with Crippen LogP contribution in [0.4, 0.5) is 5.69 Å². The molecule has 0 saturated carbocycles. The van der Waals surface area contributed by atoms with E-state index in [0.717, 1.165) is 0 Å². The third kappa shape index (κ3) is 2.74. The first kappa shape index (κ1) is 13.5. The van der Waals surface area contributed by atoms with E-state index in [1.165, 1.54) is 17.0 Å². The van der Waals surface area contributed by atoms with Crippen molar-refractivity contribution in [3.05, 3.63) is 46.8 Å². The third-order valence-electron chi connectivity index (χ3n) is 2.56. The van der Waals surface area contributed by atoms with Crippen molar-refractivity contribution in [3.63, 3.8) is 0 Å². The summed E-state index contributed by atoms with van der Waals surface area (Å²) in [4.78, 5) is 22.5. The van der Waals surface area contributed by atoms with Crippen molar-refractivity contribution in [2.45, 2.75) is 19.4 Å². The van der Waals surface area contributed by atoms with Gasteiger partial charge in [0.1, 0.15) is 11.3 Å². The molecule has 0 fully saturated rings. The highest BCUT2D eigenvalue weighted by atomic mass is 35.5. The van der Waals surface area contributed by atoms with Crippen LogP contribution in [0.25, 0.3) is 5.82 Å². The minimum absolute atomic E-state index is 0.248. The van der Waals surface area contributed by atoms with Crippen LogP contribution in [0.3, 0.4) is 0 Å². The summed E-state index contributed by atoms with van der Waals surface area (Å²) in [6.45, 7) is 3.22. The molecule has 0 unspecified atom stereocenters. The van der Waals surface area contributed by atoms with E-state index in [0.29, 0.717) is 11.5 Å². The Balaban J connectivity index is 2.46. The molecule has 2 aromatic heterocycles. The molecule has 0 bridgehead atoms. The molecule has 0 aliphatic heterocycles. The van der Waals surface area contributed by atoms with Gasteiger partial charge in [0.15, 0.2) is 5.82 Å². The Morgan fingerprint density at radius 3 is 2.63 bits per heavy atom. The molecule has 2 aromatic rings. The van der Waals surface area contributed by atoms with Gasteiger partial charge >= 0.3 is 0 Å². The Morgan fingerprint density at radius 2 is 2.11 bits per heavy atom. The molecule has 2 rings (SSSR count). The van der Waals surface area contributed by atoms with Crippen LogP contribution in [-0.4, -0.2) is 19.6 Å². The summed E-state index contributed by atoms with van der Waals surface area (Å²) >= 11 is 5.44. The van der Waals surface area contributed by atoms with Gasteiger partial charge in [0, 0.05) is 18.0 Å². The Morgan fingerprint density at radius 1 is 1.37 bits per heavy atom. The lowest BCUT2D eigenvalue weighted by Crippen LogP contribution is -2.22. The predicted octanol–water partition coefficient (Wildman–Crippen LogP) is 1.42. The summed E-state index contributed by atoms with van der Waals surface area (Å²) in [6.07, 6.45) is 4.42. The van der Waals surface area contributed by atoms with Crippen molar-refractivity contribution in [1.29, 1.82) is 0 Å². The van der Waals surface area contributed by atoms with Gasteiger partial charge in [-0.1, -0.05) is 0 Å². The van der Waals surface area contributed by atoms with Crippen molar-refractivity contribution < 1.29 is 5.11 Å². The Bertz CT molecular complexity index is 631. The van der Waals surface area contributed by atoms with Crippen LogP contribution < -0.4 is 10.4 Å². The van der Waals surface area contributed by atoms with Crippen LogP contribution in [0.2, 0.25) is 0 Å². The summed E-state index contributed by atoms with van der Waals surface area (Å²) in [5.41, 5.74) is -0.730. The van der Waals surface area contributed by atoms with Crippen LogP contribution in [-0.2, 0) is 5.60 Å². The van der Waals surface area contributed by atoms with Crippen molar-refractivity contribution >= 4 is 17.5 Å². The second kappa shape index (κ2) is 4.99. The molecule has 6 nitrogen and oxygen atoms in total. The molecule has 0 saturated heterocycles. The molecule has 100 valence electrons. The minimum Gasteiger partial charge on any atom is -0.384 e. The van der Waals surface area contributed by atoms with Crippen molar-refractivity contribution in [2.24, 2.45) is 0 Å². The number of nitrogens with zero attached hydrogens (tertiary/aromatic N) is 3. The number of aromatic nitrogens is 3. The van der Waals surface area contributed by atoms with E-state index < -0.39 is 5.60 Å². The van der Waals surface area contributed by atoms with E-state index >= 15 is 0 Å². The first-order valence-corrected chi connectivity index (χ1v) is 5.95. The molecule has 0 amide bonds. The number of nitrogens with one attached hydrogen (secondary N) is 1. The maximum atomic E-state index is 12.0. The fourth-order valence-electron chi connectivity index (χ4n) is 1.51. The summed E-state index contributed by atoms with van der Waals surface area (Å²) in [6, 6.07) is 3.22. The lowest BCUT2D eigenvalue weighted by atomic mass is 10.1. The van der Waals surface area contributed by atoms with Gasteiger partial charge in [-0.2, -0.15) is 0 Å². The summed E-state index contributed by atoms with van der Waals surface area (Å²) in [5, 5.41) is 9.79. The molecule has 19 heavy (non-hydrogen) atoms. The van der Waals surface area contributed by atoms with Crippen molar-refractivity contribution in [3.8, 4) is 5.82 Å².